The molecule has 28 heavy (non-hydrogen) atoms. The van der Waals surface area contributed by atoms with Crippen molar-refractivity contribution < 1.29 is 27.2 Å². The number of aromatic nitrogens is 2. The van der Waals surface area contributed by atoms with Crippen LogP contribution in [-0.4, -0.2) is 22.7 Å². The van der Waals surface area contributed by atoms with E-state index < -0.39 is 29.0 Å². The fourth-order valence-electron chi connectivity index (χ4n) is 2.40. The van der Waals surface area contributed by atoms with Crippen LogP contribution in [0.15, 0.2) is 40.9 Å². The number of halogens is 3. The van der Waals surface area contributed by atoms with Crippen molar-refractivity contribution in [2.75, 3.05) is 11.9 Å². The van der Waals surface area contributed by atoms with Crippen LogP contribution in [0.5, 0.6) is 5.75 Å². The van der Waals surface area contributed by atoms with E-state index in [2.05, 4.69) is 15.5 Å². The molecule has 1 amide bonds. The van der Waals surface area contributed by atoms with Crippen LogP contribution in [0.3, 0.4) is 0 Å². The van der Waals surface area contributed by atoms with Gasteiger partial charge in [0.05, 0.1) is 12.3 Å². The van der Waals surface area contributed by atoms with E-state index in [0.717, 1.165) is 17.9 Å². The van der Waals surface area contributed by atoms with Gasteiger partial charge in [0.1, 0.15) is 5.75 Å². The lowest BCUT2D eigenvalue weighted by Crippen LogP contribution is -2.14. The average molecular weight is 391 g/mol. The van der Waals surface area contributed by atoms with E-state index in [1.54, 1.807) is 24.3 Å². The molecule has 0 spiro atoms. The van der Waals surface area contributed by atoms with Gasteiger partial charge in [-0.1, -0.05) is 5.16 Å². The number of anilines is 1. The number of carbonyl (C=O) groups excluding carboxylic acids is 1. The molecule has 3 rings (SSSR count). The number of nitrogens with zero attached hydrogens (tertiary/aromatic N) is 2. The highest BCUT2D eigenvalue weighted by Crippen LogP contribution is 2.21. The normalized spacial score (nSPS) is 10.7. The van der Waals surface area contributed by atoms with Crippen LogP contribution in [0.2, 0.25) is 0 Å². The minimum Gasteiger partial charge on any atom is -0.494 e. The Kier molecular flexibility index (Phi) is 5.93. The lowest BCUT2D eigenvalue weighted by atomic mass is 10.2. The zero-order valence-electron chi connectivity index (χ0n) is 14.8. The molecule has 0 atom stereocenters. The van der Waals surface area contributed by atoms with Crippen LogP contribution >= 0.6 is 0 Å². The third-order valence-electron chi connectivity index (χ3n) is 3.77. The number of benzene rings is 2. The number of nitrogens with one attached hydrogen (secondary N) is 1. The van der Waals surface area contributed by atoms with Crippen LogP contribution in [0.1, 0.15) is 19.2 Å². The Morgan fingerprint density at radius 2 is 1.86 bits per heavy atom. The smallest absolute Gasteiger partial charge is 0.227 e. The molecule has 3 aromatic rings. The van der Waals surface area contributed by atoms with Crippen molar-refractivity contribution in [3.05, 3.63) is 59.7 Å². The fourth-order valence-corrected chi connectivity index (χ4v) is 2.40. The van der Waals surface area contributed by atoms with E-state index in [0.29, 0.717) is 18.0 Å². The van der Waals surface area contributed by atoms with E-state index in [1.165, 1.54) is 0 Å². The van der Waals surface area contributed by atoms with Gasteiger partial charge in [-0.2, -0.15) is 4.98 Å². The quantitative estimate of drug-likeness (QED) is 0.613. The van der Waals surface area contributed by atoms with Crippen molar-refractivity contribution in [2.45, 2.75) is 19.8 Å². The molecule has 6 nitrogen and oxygen atoms in total. The molecule has 0 fully saturated rings. The first-order valence-corrected chi connectivity index (χ1v) is 8.47. The number of hydrogen-bond acceptors (Lipinski definition) is 5. The topological polar surface area (TPSA) is 77.2 Å². The predicted molar refractivity (Wildman–Crippen MR) is 94.2 cm³/mol. The molecular formula is C19H16F3N3O3. The Bertz CT molecular complexity index is 974. The summed E-state index contributed by atoms with van der Waals surface area (Å²) in [5.74, 6) is -3.75. The first-order valence-electron chi connectivity index (χ1n) is 8.47. The molecule has 1 heterocycles. The third kappa shape index (κ3) is 4.48. The van der Waals surface area contributed by atoms with Crippen LogP contribution in [0, 0.1) is 17.5 Å². The third-order valence-corrected chi connectivity index (χ3v) is 3.77. The van der Waals surface area contributed by atoms with Crippen LogP contribution in [0.25, 0.3) is 11.4 Å². The van der Waals surface area contributed by atoms with Gasteiger partial charge in [0.25, 0.3) is 0 Å². The van der Waals surface area contributed by atoms with E-state index in [-0.39, 0.29) is 18.7 Å². The molecule has 1 N–H and O–H groups in total. The molecule has 9 heteroatoms. The number of rotatable bonds is 7. The number of hydrogen-bond donors (Lipinski definition) is 1. The van der Waals surface area contributed by atoms with Crippen molar-refractivity contribution in [3.63, 3.8) is 0 Å². The second kappa shape index (κ2) is 8.55. The molecule has 0 unspecified atom stereocenters. The van der Waals surface area contributed by atoms with Gasteiger partial charge >= 0.3 is 0 Å². The van der Waals surface area contributed by atoms with E-state index in [9.17, 15) is 18.0 Å². The monoisotopic (exact) mass is 391 g/mol. The molecule has 0 bridgehead atoms. The molecule has 0 aliphatic rings. The summed E-state index contributed by atoms with van der Waals surface area (Å²) >= 11 is 0. The number of ether oxygens (including phenoxy) is 1. The molecule has 0 saturated heterocycles. The molecule has 0 radical (unpaired) electrons. The zero-order valence-corrected chi connectivity index (χ0v) is 14.8. The lowest BCUT2D eigenvalue weighted by Gasteiger charge is -2.06. The Balaban J connectivity index is 1.58. The van der Waals surface area contributed by atoms with Crippen LogP contribution in [0.4, 0.5) is 18.9 Å². The molecule has 0 aliphatic carbocycles. The highest BCUT2D eigenvalue weighted by molar-refractivity contribution is 5.90. The molecule has 0 aliphatic heterocycles. The van der Waals surface area contributed by atoms with Crippen molar-refractivity contribution in [2.24, 2.45) is 0 Å². The molecular weight excluding hydrogens is 375 g/mol. The summed E-state index contributed by atoms with van der Waals surface area (Å²) in [4.78, 5) is 16.1. The van der Waals surface area contributed by atoms with Gasteiger partial charge in [-0.25, -0.2) is 13.2 Å². The molecule has 146 valence electrons. The maximum atomic E-state index is 13.6. The van der Waals surface area contributed by atoms with Gasteiger partial charge in [-0.15, -0.1) is 0 Å². The van der Waals surface area contributed by atoms with Gasteiger partial charge in [-0.3, -0.25) is 4.79 Å². The summed E-state index contributed by atoms with van der Waals surface area (Å²) in [6.07, 6.45) is -0.00942. The van der Waals surface area contributed by atoms with Gasteiger partial charge in [0, 0.05) is 18.4 Å². The van der Waals surface area contributed by atoms with Crippen molar-refractivity contribution >= 4 is 11.6 Å². The largest absolute Gasteiger partial charge is 0.494 e. The van der Waals surface area contributed by atoms with Crippen molar-refractivity contribution in [1.82, 2.24) is 10.1 Å². The van der Waals surface area contributed by atoms with Crippen LogP contribution < -0.4 is 10.1 Å². The number of amides is 1. The molecule has 2 aromatic carbocycles. The number of carbonyl (C=O) groups is 1. The molecule has 0 saturated carbocycles. The Morgan fingerprint density at radius 1 is 1.11 bits per heavy atom. The van der Waals surface area contributed by atoms with Gasteiger partial charge in [0.15, 0.2) is 17.5 Å². The Morgan fingerprint density at radius 3 is 2.57 bits per heavy atom. The van der Waals surface area contributed by atoms with Gasteiger partial charge in [-0.05, 0) is 43.3 Å². The van der Waals surface area contributed by atoms with E-state index >= 15 is 0 Å². The van der Waals surface area contributed by atoms with Gasteiger partial charge in [0.2, 0.25) is 17.6 Å². The summed E-state index contributed by atoms with van der Waals surface area (Å²) < 4.78 is 50.1. The maximum absolute atomic E-state index is 13.6. The second-order valence-corrected chi connectivity index (χ2v) is 5.74. The second-order valence-electron chi connectivity index (χ2n) is 5.74. The summed E-state index contributed by atoms with van der Waals surface area (Å²) in [5.41, 5.74) is 0.274. The minimum atomic E-state index is -1.64. The predicted octanol–water partition coefficient (Wildman–Crippen LogP) is 4.12. The first kappa shape index (κ1) is 19.4. The summed E-state index contributed by atoms with van der Waals surface area (Å²) in [7, 11) is 0. The fraction of sp³-hybridized carbons (Fsp3) is 0.211. The summed E-state index contributed by atoms with van der Waals surface area (Å²) in [6, 6.07) is 8.78. The minimum absolute atomic E-state index is 0.0984. The van der Waals surface area contributed by atoms with Crippen molar-refractivity contribution in [3.8, 4) is 17.1 Å². The lowest BCUT2D eigenvalue weighted by molar-refractivity contribution is -0.116. The maximum Gasteiger partial charge on any atom is 0.227 e. The van der Waals surface area contributed by atoms with Crippen molar-refractivity contribution in [1.29, 1.82) is 0 Å². The summed E-state index contributed by atoms with van der Waals surface area (Å²) in [5, 5.41) is 6.03. The average Bonchev–Trinajstić information content (AvgIpc) is 3.17. The van der Waals surface area contributed by atoms with E-state index in [1.807, 2.05) is 6.92 Å². The Hall–Kier alpha value is -3.36. The number of aryl methyl sites for hydroxylation is 1. The summed E-state index contributed by atoms with van der Waals surface area (Å²) in [6.45, 7) is 2.44. The first-order chi connectivity index (χ1) is 13.5. The van der Waals surface area contributed by atoms with E-state index in [4.69, 9.17) is 9.26 Å². The molecule has 1 aromatic heterocycles. The highest BCUT2D eigenvalue weighted by Gasteiger charge is 2.16. The standard InChI is InChI=1S/C19H16F3N3O3/c1-2-27-12-5-3-11(4-6-12)19-24-16(28-25-19)10-9-15(26)23-14-8-7-13(20)17(21)18(14)22/h3-8H,2,9-10H2,1H3,(H,23,26). The zero-order chi connectivity index (χ0) is 20.1. The van der Waals surface area contributed by atoms with Crippen LogP contribution in [-0.2, 0) is 11.2 Å². The van der Waals surface area contributed by atoms with Gasteiger partial charge < -0.3 is 14.6 Å². The highest BCUT2D eigenvalue weighted by atomic mass is 19.2. The SMILES string of the molecule is CCOc1ccc(-c2noc(CCC(=O)Nc3ccc(F)c(F)c3F)n2)cc1. The Labute approximate surface area is 158 Å².